The molecule has 2 atom stereocenters. The molecule has 0 aromatic rings. The van der Waals surface area contributed by atoms with Crippen molar-refractivity contribution in [2.75, 3.05) is 40.5 Å². The third-order valence-corrected chi connectivity index (χ3v) is 2.77. The van der Waals surface area contributed by atoms with Gasteiger partial charge in [-0.15, -0.1) is 0 Å². The standard InChI is InChI=1S/2C5H11NO.C2H2O4/c2*1-7-4-5-2-3-6-5;3-1(4)2(5)6/h2*5-6H,2-4H2,1H3;(H,3,4)(H,5,6)/t2*5-;/m00./s1. The van der Waals surface area contributed by atoms with Crippen molar-refractivity contribution in [3.05, 3.63) is 0 Å². The van der Waals surface area contributed by atoms with E-state index in [-0.39, 0.29) is 0 Å². The quantitative estimate of drug-likeness (QED) is 0.495. The van der Waals surface area contributed by atoms with Gasteiger partial charge in [0.2, 0.25) is 0 Å². The fraction of sp³-hybridized carbons (Fsp3) is 0.833. The molecule has 8 heteroatoms. The van der Waals surface area contributed by atoms with E-state index in [4.69, 9.17) is 29.3 Å². The average Bonchev–Trinajstić information content (AvgIpc) is 2.30. The van der Waals surface area contributed by atoms with E-state index in [1.807, 2.05) is 0 Å². The summed E-state index contributed by atoms with van der Waals surface area (Å²) >= 11 is 0. The van der Waals surface area contributed by atoms with Crippen LogP contribution >= 0.6 is 0 Å². The second kappa shape index (κ2) is 11.6. The SMILES string of the molecule is COC[C@@H]1CCN1.COC[C@@H]1CCN1.O=C(O)C(=O)O. The summed E-state index contributed by atoms with van der Waals surface area (Å²) in [5.41, 5.74) is 0. The van der Waals surface area contributed by atoms with Gasteiger partial charge in [-0.05, 0) is 25.9 Å². The molecule has 8 nitrogen and oxygen atoms in total. The van der Waals surface area contributed by atoms with Gasteiger partial charge in [0.05, 0.1) is 13.2 Å². The van der Waals surface area contributed by atoms with E-state index in [1.54, 1.807) is 14.2 Å². The van der Waals surface area contributed by atoms with Crippen molar-refractivity contribution in [2.24, 2.45) is 0 Å². The number of rotatable bonds is 4. The van der Waals surface area contributed by atoms with E-state index in [1.165, 1.54) is 25.9 Å². The Morgan fingerprint density at radius 1 is 0.950 bits per heavy atom. The first kappa shape index (κ1) is 18.8. The fourth-order valence-corrected chi connectivity index (χ4v) is 1.38. The van der Waals surface area contributed by atoms with Crippen LogP contribution in [0.5, 0.6) is 0 Å². The topological polar surface area (TPSA) is 117 Å². The molecule has 0 amide bonds. The highest BCUT2D eigenvalue weighted by Gasteiger charge is 2.14. The summed E-state index contributed by atoms with van der Waals surface area (Å²) in [5.74, 6) is -3.65. The van der Waals surface area contributed by atoms with Crippen molar-refractivity contribution in [3.63, 3.8) is 0 Å². The largest absolute Gasteiger partial charge is 0.473 e. The Labute approximate surface area is 118 Å². The van der Waals surface area contributed by atoms with E-state index in [0.717, 1.165) is 13.2 Å². The Bertz CT molecular complexity index is 251. The minimum Gasteiger partial charge on any atom is -0.473 e. The van der Waals surface area contributed by atoms with E-state index in [9.17, 15) is 0 Å². The van der Waals surface area contributed by atoms with Crippen molar-refractivity contribution >= 4 is 11.9 Å². The predicted molar refractivity (Wildman–Crippen MR) is 71.8 cm³/mol. The van der Waals surface area contributed by atoms with Gasteiger partial charge in [0, 0.05) is 26.3 Å². The highest BCUT2D eigenvalue weighted by atomic mass is 16.5. The van der Waals surface area contributed by atoms with Gasteiger partial charge in [0.25, 0.3) is 0 Å². The molecule has 0 aromatic carbocycles. The van der Waals surface area contributed by atoms with Gasteiger partial charge in [-0.1, -0.05) is 0 Å². The molecule has 0 radical (unpaired) electrons. The van der Waals surface area contributed by atoms with Crippen LogP contribution in [0.25, 0.3) is 0 Å². The minimum absolute atomic E-state index is 0.657. The summed E-state index contributed by atoms with van der Waals surface area (Å²) in [5, 5.41) is 21.2. The van der Waals surface area contributed by atoms with E-state index in [2.05, 4.69) is 10.6 Å². The Hall–Kier alpha value is -1.22. The number of nitrogens with one attached hydrogen (secondary N) is 2. The van der Waals surface area contributed by atoms with Crippen molar-refractivity contribution in [3.8, 4) is 0 Å². The van der Waals surface area contributed by atoms with Crippen LogP contribution in [0.2, 0.25) is 0 Å². The molecule has 0 spiro atoms. The summed E-state index contributed by atoms with van der Waals surface area (Å²) < 4.78 is 9.77. The smallest absolute Gasteiger partial charge is 0.414 e. The van der Waals surface area contributed by atoms with Gasteiger partial charge in [-0.3, -0.25) is 0 Å². The molecule has 2 rings (SSSR count). The zero-order chi connectivity index (χ0) is 15.4. The minimum atomic E-state index is -1.82. The van der Waals surface area contributed by atoms with E-state index >= 15 is 0 Å². The maximum atomic E-state index is 9.10. The second-order valence-electron chi connectivity index (χ2n) is 4.40. The van der Waals surface area contributed by atoms with Crippen LogP contribution in [0.4, 0.5) is 0 Å². The zero-order valence-corrected chi connectivity index (χ0v) is 11.9. The third-order valence-electron chi connectivity index (χ3n) is 2.77. The van der Waals surface area contributed by atoms with Crippen LogP contribution in [0.1, 0.15) is 12.8 Å². The predicted octanol–water partition coefficient (Wildman–Crippen LogP) is -0.855. The van der Waals surface area contributed by atoms with Crippen LogP contribution in [0.3, 0.4) is 0 Å². The van der Waals surface area contributed by atoms with Crippen molar-refractivity contribution < 1.29 is 29.3 Å². The van der Waals surface area contributed by atoms with Gasteiger partial charge in [0.1, 0.15) is 0 Å². The molecule has 0 aromatic heterocycles. The molecular formula is C12H24N2O6. The maximum absolute atomic E-state index is 9.10. The second-order valence-corrected chi connectivity index (χ2v) is 4.40. The molecule has 2 saturated heterocycles. The zero-order valence-electron chi connectivity index (χ0n) is 11.9. The first-order valence-electron chi connectivity index (χ1n) is 6.42. The molecule has 2 aliphatic rings. The molecule has 20 heavy (non-hydrogen) atoms. The number of carbonyl (C=O) groups is 2. The Kier molecular flexibility index (Phi) is 10.9. The maximum Gasteiger partial charge on any atom is 0.414 e. The summed E-state index contributed by atoms with van der Waals surface area (Å²) in [7, 11) is 3.47. The molecule has 0 unspecified atom stereocenters. The number of hydrogen-bond acceptors (Lipinski definition) is 6. The lowest BCUT2D eigenvalue weighted by Crippen LogP contribution is -2.45. The number of methoxy groups -OCH3 is 2. The number of carboxylic acid groups (broad SMARTS) is 2. The van der Waals surface area contributed by atoms with Crippen molar-refractivity contribution in [2.45, 2.75) is 24.9 Å². The molecular weight excluding hydrogens is 268 g/mol. The molecule has 2 aliphatic heterocycles. The Morgan fingerprint density at radius 2 is 1.25 bits per heavy atom. The fourth-order valence-electron chi connectivity index (χ4n) is 1.38. The third kappa shape index (κ3) is 9.68. The molecule has 118 valence electrons. The van der Waals surface area contributed by atoms with Gasteiger partial charge >= 0.3 is 11.9 Å². The van der Waals surface area contributed by atoms with Crippen molar-refractivity contribution in [1.29, 1.82) is 0 Å². The lowest BCUT2D eigenvalue weighted by molar-refractivity contribution is -0.159. The molecule has 0 saturated carbocycles. The lowest BCUT2D eigenvalue weighted by Gasteiger charge is -2.26. The van der Waals surface area contributed by atoms with Gasteiger partial charge < -0.3 is 30.3 Å². The molecule has 0 bridgehead atoms. The normalized spacial score (nSPS) is 22.9. The van der Waals surface area contributed by atoms with Gasteiger partial charge in [-0.2, -0.15) is 0 Å². The van der Waals surface area contributed by atoms with E-state index < -0.39 is 11.9 Å². The summed E-state index contributed by atoms with van der Waals surface area (Å²) in [6.45, 7) is 4.10. The Balaban J connectivity index is 0.000000272. The molecule has 4 N–H and O–H groups in total. The monoisotopic (exact) mass is 292 g/mol. The summed E-state index contributed by atoms with van der Waals surface area (Å²) in [6, 6.07) is 1.31. The van der Waals surface area contributed by atoms with Gasteiger partial charge in [-0.25, -0.2) is 9.59 Å². The van der Waals surface area contributed by atoms with Crippen LogP contribution < -0.4 is 10.6 Å². The van der Waals surface area contributed by atoms with Crippen LogP contribution in [-0.4, -0.2) is 74.8 Å². The summed E-state index contributed by atoms with van der Waals surface area (Å²) in [6.07, 6.45) is 2.57. The number of aliphatic carboxylic acids is 2. The molecule has 2 fully saturated rings. The Morgan fingerprint density at radius 3 is 1.30 bits per heavy atom. The number of hydrogen-bond donors (Lipinski definition) is 4. The first-order valence-corrected chi connectivity index (χ1v) is 6.42. The average molecular weight is 292 g/mol. The molecule has 2 heterocycles. The van der Waals surface area contributed by atoms with E-state index in [0.29, 0.717) is 12.1 Å². The highest BCUT2D eigenvalue weighted by Crippen LogP contribution is 2.00. The summed E-state index contributed by atoms with van der Waals surface area (Å²) in [4.78, 5) is 18.2. The number of carboxylic acids is 2. The van der Waals surface area contributed by atoms with Crippen molar-refractivity contribution in [1.82, 2.24) is 10.6 Å². The first-order chi connectivity index (χ1) is 9.51. The molecule has 0 aliphatic carbocycles. The number of ether oxygens (including phenoxy) is 2. The van der Waals surface area contributed by atoms with Crippen LogP contribution in [-0.2, 0) is 19.1 Å². The van der Waals surface area contributed by atoms with Crippen LogP contribution in [0, 0.1) is 0 Å². The lowest BCUT2D eigenvalue weighted by atomic mass is 10.1. The van der Waals surface area contributed by atoms with Gasteiger partial charge in [0.15, 0.2) is 0 Å². The highest BCUT2D eigenvalue weighted by molar-refractivity contribution is 6.27. The van der Waals surface area contributed by atoms with Crippen LogP contribution in [0.15, 0.2) is 0 Å².